The van der Waals surface area contributed by atoms with Gasteiger partial charge in [0.15, 0.2) is 0 Å². The Bertz CT molecular complexity index is 1110. The lowest BCUT2D eigenvalue weighted by molar-refractivity contribution is -0.139. The number of anilines is 1. The standard InChI is InChI=1S/C23H29Cl2N3O5S/c1-5-12-26-23(30)16(2)27(14-17-6-9-19(33-3)10-7-17)22(29)15-28(34(4,31)32)18-8-11-20(24)21(25)13-18/h6-11,13,16H,5,12,14-15H2,1-4H3,(H,26,30)/t16-/m0/s1. The highest BCUT2D eigenvalue weighted by molar-refractivity contribution is 7.92. The van der Waals surface area contributed by atoms with E-state index >= 15 is 0 Å². The van der Waals surface area contributed by atoms with Gasteiger partial charge in [-0.15, -0.1) is 0 Å². The molecule has 34 heavy (non-hydrogen) atoms. The third-order valence-electron chi connectivity index (χ3n) is 5.10. The molecule has 0 saturated heterocycles. The molecule has 2 aromatic carbocycles. The van der Waals surface area contributed by atoms with Gasteiger partial charge in [0.2, 0.25) is 21.8 Å². The highest BCUT2D eigenvalue weighted by Crippen LogP contribution is 2.28. The number of hydrogen-bond acceptors (Lipinski definition) is 5. The Balaban J connectivity index is 2.38. The van der Waals surface area contributed by atoms with E-state index in [1.807, 2.05) is 6.92 Å². The average molecular weight is 530 g/mol. The molecule has 0 spiro atoms. The van der Waals surface area contributed by atoms with Crippen LogP contribution in [0, 0.1) is 0 Å². The molecule has 8 nitrogen and oxygen atoms in total. The van der Waals surface area contributed by atoms with Crippen molar-refractivity contribution >= 4 is 50.7 Å². The van der Waals surface area contributed by atoms with Gasteiger partial charge in [-0.1, -0.05) is 42.3 Å². The Labute approximate surface area is 210 Å². The molecule has 1 atom stereocenters. The normalized spacial score (nSPS) is 12.1. The van der Waals surface area contributed by atoms with Gasteiger partial charge in [-0.2, -0.15) is 0 Å². The van der Waals surface area contributed by atoms with E-state index in [1.165, 1.54) is 23.1 Å². The van der Waals surface area contributed by atoms with Crippen LogP contribution in [0.3, 0.4) is 0 Å². The number of sulfonamides is 1. The Morgan fingerprint density at radius 2 is 1.74 bits per heavy atom. The molecular weight excluding hydrogens is 501 g/mol. The van der Waals surface area contributed by atoms with Crippen LogP contribution in [0.25, 0.3) is 0 Å². The number of hydrogen-bond donors (Lipinski definition) is 1. The number of nitrogens with zero attached hydrogens (tertiary/aromatic N) is 2. The Morgan fingerprint density at radius 1 is 1.09 bits per heavy atom. The zero-order valence-electron chi connectivity index (χ0n) is 19.5. The first kappa shape index (κ1) is 27.8. The molecule has 186 valence electrons. The lowest BCUT2D eigenvalue weighted by Gasteiger charge is -2.31. The lowest BCUT2D eigenvalue weighted by atomic mass is 10.1. The van der Waals surface area contributed by atoms with Crippen LogP contribution in [0.2, 0.25) is 10.0 Å². The van der Waals surface area contributed by atoms with Crippen LogP contribution in [-0.2, 0) is 26.2 Å². The summed E-state index contributed by atoms with van der Waals surface area (Å²) in [7, 11) is -2.30. The predicted molar refractivity (Wildman–Crippen MR) is 135 cm³/mol. The maximum atomic E-state index is 13.4. The summed E-state index contributed by atoms with van der Waals surface area (Å²) in [6, 6.07) is 10.5. The molecule has 0 aliphatic rings. The molecule has 0 bridgehead atoms. The first-order valence-electron chi connectivity index (χ1n) is 10.6. The molecule has 0 saturated carbocycles. The first-order valence-corrected chi connectivity index (χ1v) is 13.2. The van der Waals surface area contributed by atoms with Crippen molar-refractivity contribution < 1.29 is 22.7 Å². The van der Waals surface area contributed by atoms with Gasteiger partial charge < -0.3 is 15.0 Å². The molecule has 0 aromatic heterocycles. The molecule has 2 rings (SSSR count). The summed E-state index contributed by atoms with van der Waals surface area (Å²) in [6.07, 6.45) is 1.73. The molecular formula is C23H29Cl2N3O5S. The van der Waals surface area contributed by atoms with Crippen LogP contribution < -0.4 is 14.4 Å². The van der Waals surface area contributed by atoms with Crippen LogP contribution in [0.1, 0.15) is 25.8 Å². The van der Waals surface area contributed by atoms with Gasteiger partial charge in [0.1, 0.15) is 18.3 Å². The molecule has 0 radical (unpaired) electrons. The fraction of sp³-hybridized carbons (Fsp3) is 0.391. The fourth-order valence-corrected chi connectivity index (χ4v) is 4.29. The van der Waals surface area contributed by atoms with E-state index in [4.69, 9.17) is 27.9 Å². The number of benzene rings is 2. The number of methoxy groups -OCH3 is 1. The van der Waals surface area contributed by atoms with Crippen LogP contribution in [0.5, 0.6) is 5.75 Å². The minimum atomic E-state index is -3.85. The van der Waals surface area contributed by atoms with Crippen LogP contribution in [0.4, 0.5) is 5.69 Å². The van der Waals surface area contributed by atoms with Crippen LogP contribution in [0.15, 0.2) is 42.5 Å². The van der Waals surface area contributed by atoms with Crippen molar-refractivity contribution in [3.63, 3.8) is 0 Å². The molecule has 11 heteroatoms. The summed E-state index contributed by atoms with van der Waals surface area (Å²) < 4.78 is 31.2. The first-order chi connectivity index (χ1) is 16.0. The monoisotopic (exact) mass is 529 g/mol. The van der Waals surface area contributed by atoms with Crippen molar-refractivity contribution in [2.75, 3.05) is 30.8 Å². The van der Waals surface area contributed by atoms with E-state index in [1.54, 1.807) is 38.3 Å². The number of carbonyl (C=O) groups excluding carboxylic acids is 2. The maximum Gasteiger partial charge on any atom is 0.244 e. The SMILES string of the molecule is CCCNC(=O)[C@H](C)N(Cc1ccc(OC)cc1)C(=O)CN(c1ccc(Cl)c(Cl)c1)S(C)(=O)=O. The number of amides is 2. The van der Waals surface area contributed by atoms with E-state index in [2.05, 4.69) is 5.32 Å². The van der Waals surface area contributed by atoms with Crippen LogP contribution in [-0.4, -0.2) is 57.6 Å². The van der Waals surface area contributed by atoms with E-state index < -0.39 is 28.5 Å². The molecule has 0 unspecified atom stereocenters. The second kappa shape index (κ2) is 12.3. The zero-order chi connectivity index (χ0) is 25.5. The smallest absolute Gasteiger partial charge is 0.244 e. The molecule has 0 aliphatic carbocycles. The molecule has 0 fully saturated rings. The van der Waals surface area contributed by atoms with Gasteiger partial charge >= 0.3 is 0 Å². The Morgan fingerprint density at radius 3 is 2.26 bits per heavy atom. The number of halogens is 2. The summed E-state index contributed by atoms with van der Waals surface area (Å²) in [5.74, 6) is -0.228. The van der Waals surface area contributed by atoms with Crippen molar-refractivity contribution in [2.45, 2.75) is 32.9 Å². The molecule has 2 aromatic rings. The number of ether oxygens (including phenoxy) is 1. The summed E-state index contributed by atoms with van der Waals surface area (Å²) in [5.41, 5.74) is 0.947. The minimum absolute atomic E-state index is 0.0997. The summed E-state index contributed by atoms with van der Waals surface area (Å²) >= 11 is 12.0. The quantitative estimate of drug-likeness (QED) is 0.478. The van der Waals surface area contributed by atoms with E-state index in [-0.39, 0.29) is 28.2 Å². The topological polar surface area (TPSA) is 96.0 Å². The molecule has 0 heterocycles. The van der Waals surface area contributed by atoms with Crippen LogP contribution >= 0.6 is 23.2 Å². The molecule has 0 aliphatic heterocycles. The highest BCUT2D eigenvalue weighted by atomic mass is 35.5. The van der Waals surface area contributed by atoms with E-state index in [0.717, 1.165) is 22.5 Å². The summed E-state index contributed by atoms with van der Waals surface area (Å²) in [6.45, 7) is 3.58. The van der Waals surface area contributed by atoms with Gasteiger partial charge in [0.25, 0.3) is 0 Å². The van der Waals surface area contributed by atoms with Crippen molar-refractivity contribution in [1.29, 1.82) is 0 Å². The van der Waals surface area contributed by atoms with Crippen molar-refractivity contribution in [3.8, 4) is 5.75 Å². The second-order valence-corrected chi connectivity index (χ2v) is 10.4. The maximum absolute atomic E-state index is 13.4. The van der Waals surface area contributed by atoms with Gasteiger partial charge in [-0.25, -0.2) is 8.42 Å². The summed E-state index contributed by atoms with van der Waals surface area (Å²) in [5, 5.41) is 3.20. The van der Waals surface area contributed by atoms with Gasteiger partial charge in [0, 0.05) is 13.1 Å². The average Bonchev–Trinajstić information content (AvgIpc) is 2.80. The number of carbonyl (C=O) groups is 2. The predicted octanol–water partition coefficient (Wildman–Crippen LogP) is 3.71. The van der Waals surface area contributed by atoms with Crippen molar-refractivity contribution in [1.82, 2.24) is 10.2 Å². The van der Waals surface area contributed by atoms with E-state index in [0.29, 0.717) is 12.3 Å². The third-order valence-corrected chi connectivity index (χ3v) is 6.98. The third kappa shape index (κ3) is 7.51. The van der Waals surface area contributed by atoms with Crippen molar-refractivity contribution in [3.05, 3.63) is 58.1 Å². The molecule has 2 amide bonds. The fourth-order valence-electron chi connectivity index (χ4n) is 3.16. The summed E-state index contributed by atoms with van der Waals surface area (Å²) in [4.78, 5) is 27.5. The number of rotatable bonds is 11. The largest absolute Gasteiger partial charge is 0.497 e. The van der Waals surface area contributed by atoms with Gasteiger partial charge in [-0.05, 0) is 49.2 Å². The Hall–Kier alpha value is -2.49. The highest BCUT2D eigenvalue weighted by Gasteiger charge is 2.30. The minimum Gasteiger partial charge on any atom is -0.497 e. The lowest BCUT2D eigenvalue weighted by Crippen LogP contribution is -2.51. The van der Waals surface area contributed by atoms with Gasteiger partial charge in [0.05, 0.1) is 29.1 Å². The van der Waals surface area contributed by atoms with Gasteiger partial charge in [-0.3, -0.25) is 13.9 Å². The second-order valence-electron chi connectivity index (χ2n) is 7.70. The molecule has 1 N–H and O–H groups in total. The number of nitrogens with one attached hydrogen (secondary N) is 1. The zero-order valence-corrected chi connectivity index (χ0v) is 21.9. The Kier molecular flexibility index (Phi) is 10.0. The van der Waals surface area contributed by atoms with Crippen molar-refractivity contribution in [2.24, 2.45) is 0 Å². The van der Waals surface area contributed by atoms with E-state index in [9.17, 15) is 18.0 Å².